The molecule has 0 bridgehead atoms. The van der Waals surface area contributed by atoms with E-state index in [-0.39, 0.29) is 11.9 Å². The summed E-state index contributed by atoms with van der Waals surface area (Å²) in [4.78, 5) is 16.8. The number of rotatable bonds is 3. The number of hydrogen-bond acceptors (Lipinski definition) is 3. The Morgan fingerprint density at radius 1 is 1.43 bits per heavy atom. The zero-order chi connectivity index (χ0) is 15.1. The SMILES string of the molecule is CCCc1nn(C)c2c1[nH]c(=S)n2C1CCC(=O)N(C)C1. The lowest BCUT2D eigenvalue weighted by atomic mass is 10.1. The highest BCUT2D eigenvalue weighted by Crippen LogP contribution is 2.28. The van der Waals surface area contributed by atoms with Crippen molar-refractivity contribution in [2.24, 2.45) is 7.05 Å². The summed E-state index contributed by atoms with van der Waals surface area (Å²) in [6, 6.07) is 0.221. The van der Waals surface area contributed by atoms with Gasteiger partial charge in [0.1, 0.15) is 5.52 Å². The minimum atomic E-state index is 0.209. The maximum Gasteiger partial charge on any atom is 0.222 e. The molecule has 0 aromatic carbocycles. The van der Waals surface area contributed by atoms with Gasteiger partial charge in [-0.05, 0) is 25.1 Å². The molecule has 1 aliphatic heterocycles. The first-order valence-corrected chi connectivity index (χ1v) is 7.83. The average Bonchev–Trinajstić information content (AvgIpc) is 2.92. The first kappa shape index (κ1) is 14.3. The molecule has 1 fully saturated rings. The minimum absolute atomic E-state index is 0.209. The second-order valence-corrected chi connectivity index (χ2v) is 6.17. The minimum Gasteiger partial charge on any atom is -0.344 e. The van der Waals surface area contributed by atoms with Crippen molar-refractivity contribution in [3.05, 3.63) is 10.5 Å². The number of nitrogens with one attached hydrogen (secondary N) is 1. The molecular weight excluding hydrogens is 286 g/mol. The molecule has 1 amide bonds. The van der Waals surface area contributed by atoms with E-state index in [2.05, 4.69) is 21.6 Å². The molecule has 114 valence electrons. The number of aryl methyl sites for hydroxylation is 2. The van der Waals surface area contributed by atoms with Gasteiger partial charge in [0.05, 0.1) is 11.7 Å². The van der Waals surface area contributed by atoms with Crippen LogP contribution in [0.15, 0.2) is 0 Å². The van der Waals surface area contributed by atoms with Gasteiger partial charge in [-0.15, -0.1) is 0 Å². The predicted molar refractivity (Wildman–Crippen MR) is 83.8 cm³/mol. The molecule has 6 nitrogen and oxygen atoms in total. The number of likely N-dealkylation sites (N-methyl/N-ethyl adjacent to an activating group) is 1. The maximum absolute atomic E-state index is 11.7. The van der Waals surface area contributed by atoms with E-state index in [9.17, 15) is 4.79 Å². The Labute approximate surface area is 128 Å². The molecular formula is C14H21N5OS. The van der Waals surface area contributed by atoms with Gasteiger partial charge in [-0.2, -0.15) is 5.10 Å². The molecule has 0 aliphatic carbocycles. The van der Waals surface area contributed by atoms with Gasteiger partial charge >= 0.3 is 0 Å². The first-order valence-electron chi connectivity index (χ1n) is 7.43. The fourth-order valence-electron chi connectivity index (χ4n) is 3.19. The molecule has 1 atom stereocenters. The quantitative estimate of drug-likeness (QED) is 0.884. The smallest absolute Gasteiger partial charge is 0.222 e. The summed E-state index contributed by atoms with van der Waals surface area (Å²) in [5.41, 5.74) is 3.15. The maximum atomic E-state index is 11.7. The Balaban J connectivity index is 2.08. The molecule has 1 unspecified atom stereocenters. The lowest BCUT2D eigenvalue weighted by Gasteiger charge is -2.30. The largest absolute Gasteiger partial charge is 0.344 e. The number of nitrogens with zero attached hydrogens (tertiary/aromatic N) is 4. The van der Waals surface area contributed by atoms with Gasteiger partial charge in [-0.25, -0.2) is 0 Å². The number of aromatic amines is 1. The number of carbonyl (C=O) groups is 1. The van der Waals surface area contributed by atoms with E-state index >= 15 is 0 Å². The van der Waals surface area contributed by atoms with Crippen LogP contribution in [0, 0.1) is 4.77 Å². The third kappa shape index (κ3) is 2.29. The average molecular weight is 307 g/mol. The van der Waals surface area contributed by atoms with Crippen molar-refractivity contribution in [2.45, 2.75) is 38.6 Å². The topological polar surface area (TPSA) is 58.9 Å². The van der Waals surface area contributed by atoms with Crippen molar-refractivity contribution in [1.29, 1.82) is 0 Å². The number of H-pyrrole nitrogens is 1. The van der Waals surface area contributed by atoms with Crippen LogP contribution in [0.3, 0.4) is 0 Å². The third-order valence-corrected chi connectivity index (χ3v) is 4.52. The molecule has 7 heteroatoms. The van der Waals surface area contributed by atoms with Crippen LogP contribution in [0.25, 0.3) is 11.2 Å². The van der Waals surface area contributed by atoms with Crippen LogP contribution in [-0.2, 0) is 18.3 Å². The van der Waals surface area contributed by atoms with Crippen LogP contribution < -0.4 is 0 Å². The van der Waals surface area contributed by atoms with E-state index in [1.165, 1.54) is 0 Å². The van der Waals surface area contributed by atoms with Gasteiger partial charge in [0, 0.05) is 27.1 Å². The molecule has 3 heterocycles. The van der Waals surface area contributed by atoms with E-state index < -0.39 is 0 Å². The number of fused-ring (bicyclic) bond motifs is 1. The van der Waals surface area contributed by atoms with Crippen molar-refractivity contribution in [3.63, 3.8) is 0 Å². The normalized spacial score (nSPS) is 19.7. The standard InChI is InChI=1S/C14H21N5OS/c1-4-5-10-12-13(18(3)16-10)19(14(21)15-12)9-6-7-11(20)17(2)8-9/h9H,4-8H2,1-3H3,(H,15,21). The molecule has 3 rings (SSSR count). The molecule has 2 aromatic rings. The van der Waals surface area contributed by atoms with Crippen LogP contribution >= 0.6 is 12.2 Å². The fourth-order valence-corrected chi connectivity index (χ4v) is 3.53. The molecule has 0 saturated carbocycles. The van der Waals surface area contributed by atoms with E-state index in [4.69, 9.17) is 12.2 Å². The Bertz CT molecular complexity index is 740. The summed E-state index contributed by atoms with van der Waals surface area (Å²) >= 11 is 5.52. The molecule has 0 radical (unpaired) electrons. The predicted octanol–water partition coefficient (Wildman–Crippen LogP) is 2.18. The Morgan fingerprint density at radius 3 is 2.86 bits per heavy atom. The van der Waals surface area contributed by atoms with Crippen LogP contribution in [-0.4, -0.2) is 43.7 Å². The molecule has 1 saturated heterocycles. The summed E-state index contributed by atoms with van der Waals surface area (Å²) in [5.74, 6) is 0.209. The number of likely N-dealkylation sites (tertiary alicyclic amines) is 1. The number of amides is 1. The second kappa shape index (κ2) is 5.29. The Kier molecular flexibility index (Phi) is 3.61. The zero-order valence-electron chi connectivity index (χ0n) is 12.7. The number of imidazole rings is 1. The van der Waals surface area contributed by atoms with Crippen molar-refractivity contribution in [2.75, 3.05) is 13.6 Å². The summed E-state index contributed by atoms with van der Waals surface area (Å²) < 4.78 is 4.77. The van der Waals surface area contributed by atoms with E-state index in [0.29, 0.717) is 13.0 Å². The third-order valence-electron chi connectivity index (χ3n) is 4.22. The van der Waals surface area contributed by atoms with Gasteiger partial charge in [-0.1, -0.05) is 13.3 Å². The van der Waals surface area contributed by atoms with Crippen LogP contribution in [0.5, 0.6) is 0 Å². The van der Waals surface area contributed by atoms with E-state index in [0.717, 1.165) is 40.9 Å². The van der Waals surface area contributed by atoms with Crippen LogP contribution in [0.2, 0.25) is 0 Å². The first-order chi connectivity index (χ1) is 10.0. The summed E-state index contributed by atoms with van der Waals surface area (Å²) in [5, 5.41) is 4.61. The molecule has 2 aromatic heterocycles. The van der Waals surface area contributed by atoms with Crippen molar-refractivity contribution < 1.29 is 4.79 Å². The fraction of sp³-hybridized carbons (Fsp3) is 0.643. The highest BCUT2D eigenvalue weighted by atomic mass is 32.1. The Hall–Kier alpha value is -1.63. The highest BCUT2D eigenvalue weighted by molar-refractivity contribution is 7.71. The van der Waals surface area contributed by atoms with Gasteiger partial charge in [0.25, 0.3) is 0 Å². The summed E-state index contributed by atoms with van der Waals surface area (Å²) in [6.45, 7) is 2.85. The van der Waals surface area contributed by atoms with Gasteiger partial charge in [-0.3, -0.25) is 14.0 Å². The number of aromatic nitrogens is 4. The lowest BCUT2D eigenvalue weighted by Crippen LogP contribution is -2.38. The summed E-state index contributed by atoms with van der Waals surface area (Å²) in [6.07, 6.45) is 3.41. The number of carbonyl (C=O) groups excluding carboxylic acids is 1. The molecule has 0 spiro atoms. The summed E-state index contributed by atoms with van der Waals surface area (Å²) in [7, 11) is 3.81. The second-order valence-electron chi connectivity index (χ2n) is 5.79. The van der Waals surface area contributed by atoms with E-state index in [1.54, 1.807) is 4.90 Å². The molecule has 1 aliphatic rings. The van der Waals surface area contributed by atoms with Crippen LogP contribution in [0.4, 0.5) is 0 Å². The van der Waals surface area contributed by atoms with Gasteiger partial charge in [0.15, 0.2) is 10.4 Å². The van der Waals surface area contributed by atoms with Gasteiger partial charge in [0.2, 0.25) is 5.91 Å². The van der Waals surface area contributed by atoms with Crippen LogP contribution in [0.1, 0.15) is 37.9 Å². The molecule has 21 heavy (non-hydrogen) atoms. The van der Waals surface area contributed by atoms with E-state index in [1.807, 2.05) is 18.8 Å². The number of piperidine rings is 1. The number of hydrogen-bond donors (Lipinski definition) is 1. The van der Waals surface area contributed by atoms with Crippen molar-refractivity contribution >= 4 is 29.3 Å². The molecule has 1 N–H and O–H groups in total. The highest BCUT2D eigenvalue weighted by Gasteiger charge is 2.27. The van der Waals surface area contributed by atoms with Gasteiger partial charge < -0.3 is 9.88 Å². The lowest BCUT2D eigenvalue weighted by molar-refractivity contribution is -0.132. The zero-order valence-corrected chi connectivity index (χ0v) is 13.5. The van der Waals surface area contributed by atoms with Crippen molar-refractivity contribution in [3.8, 4) is 0 Å². The Morgan fingerprint density at radius 2 is 2.19 bits per heavy atom. The van der Waals surface area contributed by atoms with Crippen molar-refractivity contribution in [1.82, 2.24) is 24.2 Å². The monoisotopic (exact) mass is 307 g/mol.